The third kappa shape index (κ3) is 1.69. The minimum absolute atomic E-state index is 0.0675. The minimum atomic E-state index is 0.0675. The number of aliphatic hydroxyl groups is 1. The number of furan rings is 1. The second kappa shape index (κ2) is 4.65. The predicted molar refractivity (Wildman–Crippen MR) is 92.4 cm³/mol. The molecule has 1 heterocycles. The zero-order valence-electron chi connectivity index (χ0n) is 15.2. The van der Waals surface area contributed by atoms with E-state index in [-0.39, 0.29) is 16.2 Å². The molecule has 128 valence electrons. The first-order valence-electron chi connectivity index (χ1n) is 9.47. The van der Waals surface area contributed by atoms with Gasteiger partial charge in [0, 0.05) is 6.61 Å². The predicted octanol–water partition coefficient (Wildman–Crippen LogP) is 5.09. The van der Waals surface area contributed by atoms with Crippen LogP contribution < -0.4 is 0 Å². The Bertz CT molecular complexity index is 619. The van der Waals surface area contributed by atoms with Crippen molar-refractivity contribution in [3.63, 3.8) is 0 Å². The average molecular weight is 316 g/mol. The molecular weight excluding hydrogens is 284 g/mol. The van der Waals surface area contributed by atoms with E-state index >= 15 is 0 Å². The van der Waals surface area contributed by atoms with Gasteiger partial charge < -0.3 is 9.52 Å². The van der Waals surface area contributed by atoms with Gasteiger partial charge in [-0.25, -0.2) is 0 Å². The maximum atomic E-state index is 10.2. The Kier molecular flexibility index (Phi) is 3.19. The zero-order chi connectivity index (χ0) is 16.5. The van der Waals surface area contributed by atoms with Gasteiger partial charge >= 0.3 is 0 Å². The fourth-order valence-electron chi connectivity index (χ4n) is 7.15. The molecule has 0 saturated heterocycles. The molecule has 2 heteroatoms. The van der Waals surface area contributed by atoms with Crippen LogP contribution in [0.4, 0.5) is 0 Å². The maximum absolute atomic E-state index is 10.2. The molecule has 0 spiro atoms. The fourth-order valence-corrected chi connectivity index (χ4v) is 7.15. The number of hydrogen-bond acceptors (Lipinski definition) is 2. The van der Waals surface area contributed by atoms with Crippen molar-refractivity contribution in [2.45, 2.75) is 78.1 Å². The third-order valence-electron chi connectivity index (χ3n) is 9.11. The summed E-state index contributed by atoms with van der Waals surface area (Å²) >= 11 is 0. The molecule has 3 aliphatic carbocycles. The first-order valence-corrected chi connectivity index (χ1v) is 9.47. The molecule has 0 unspecified atom stereocenters. The second-order valence-corrected chi connectivity index (χ2v) is 9.64. The lowest BCUT2D eigenvalue weighted by atomic mass is 9.35. The minimum Gasteiger partial charge on any atom is -0.472 e. The quantitative estimate of drug-likeness (QED) is 0.783. The summed E-state index contributed by atoms with van der Waals surface area (Å²) in [5, 5.41) is 10.2. The lowest BCUT2D eigenvalue weighted by molar-refractivity contribution is -0.196. The van der Waals surface area contributed by atoms with Gasteiger partial charge in [0.15, 0.2) is 0 Å². The number of rotatable bonds is 1. The van der Waals surface area contributed by atoms with E-state index in [1.807, 2.05) is 12.5 Å². The summed E-state index contributed by atoms with van der Waals surface area (Å²) in [5.41, 5.74) is 3.79. The average Bonchev–Trinajstić information content (AvgIpc) is 3.00. The number of hydrogen-bond donors (Lipinski definition) is 1. The Hall–Kier alpha value is -0.760. The van der Waals surface area contributed by atoms with Crippen LogP contribution in [0.2, 0.25) is 0 Å². The second-order valence-electron chi connectivity index (χ2n) is 9.64. The van der Waals surface area contributed by atoms with Crippen LogP contribution >= 0.6 is 0 Å². The summed E-state index contributed by atoms with van der Waals surface area (Å²) in [6.07, 6.45) is 12.6. The molecule has 1 aromatic heterocycles. The molecule has 3 aliphatic rings. The van der Waals surface area contributed by atoms with Crippen LogP contribution in [0, 0.1) is 22.2 Å². The molecule has 23 heavy (non-hydrogen) atoms. The van der Waals surface area contributed by atoms with Gasteiger partial charge in [0.1, 0.15) is 0 Å². The van der Waals surface area contributed by atoms with E-state index in [4.69, 9.17) is 4.42 Å². The van der Waals surface area contributed by atoms with Crippen molar-refractivity contribution in [1.29, 1.82) is 0 Å². The van der Waals surface area contributed by atoms with Gasteiger partial charge in [-0.3, -0.25) is 0 Å². The molecule has 0 aliphatic heterocycles. The molecule has 1 aromatic rings. The van der Waals surface area contributed by atoms with Gasteiger partial charge in [0.05, 0.1) is 12.5 Å². The number of aliphatic hydroxyl groups excluding tert-OH is 1. The highest BCUT2D eigenvalue weighted by Crippen LogP contribution is 2.72. The van der Waals surface area contributed by atoms with Crippen molar-refractivity contribution >= 4 is 0 Å². The van der Waals surface area contributed by atoms with Gasteiger partial charge in [0.25, 0.3) is 0 Å². The lowest BCUT2D eigenvalue weighted by Crippen LogP contribution is -2.64. The van der Waals surface area contributed by atoms with E-state index in [0.29, 0.717) is 17.9 Å². The Morgan fingerprint density at radius 1 is 1.09 bits per heavy atom. The first kappa shape index (κ1) is 15.7. The summed E-state index contributed by atoms with van der Waals surface area (Å²) in [4.78, 5) is 0. The van der Waals surface area contributed by atoms with E-state index in [9.17, 15) is 5.11 Å². The van der Waals surface area contributed by atoms with Gasteiger partial charge in [-0.1, -0.05) is 34.1 Å². The van der Waals surface area contributed by atoms with E-state index in [2.05, 4.69) is 27.7 Å². The summed E-state index contributed by atoms with van der Waals surface area (Å²) in [7, 11) is 0. The van der Waals surface area contributed by atoms with E-state index in [1.165, 1.54) is 49.7 Å². The summed E-state index contributed by atoms with van der Waals surface area (Å²) < 4.78 is 5.60. The molecule has 0 radical (unpaired) electrons. The van der Waals surface area contributed by atoms with Crippen LogP contribution in [0.1, 0.15) is 77.3 Å². The molecule has 0 aromatic carbocycles. The highest BCUT2D eigenvalue weighted by atomic mass is 16.3. The van der Waals surface area contributed by atoms with Crippen LogP contribution in [0.15, 0.2) is 16.9 Å². The number of aryl methyl sites for hydroxylation is 1. The van der Waals surface area contributed by atoms with E-state index in [0.717, 1.165) is 6.42 Å². The normalized spacial score (nSPS) is 49.2. The highest BCUT2D eigenvalue weighted by Gasteiger charge is 2.66. The van der Waals surface area contributed by atoms with Crippen LogP contribution in [0.25, 0.3) is 0 Å². The standard InChI is InChI=1S/C21H32O2/c1-18(14-22)8-5-9-20(3)17-7-6-15-12-23-13-16(15)19(17,2)10-11-21(18,20)4/h12-13,17,22H,5-11,14H2,1-4H3/t17-,18+,19-,20+,21-/m0/s1. The maximum Gasteiger partial charge on any atom is 0.0943 e. The van der Waals surface area contributed by atoms with Crippen molar-refractivity contribution in [3.05, 3.63) is 23.7 Å². The van der Waals surface area contributed by atoms with Gasteiger partial charge in [-0.15, -0.1) is 0 Å². The molecule has 5 atom stereocenters. The van der Waals surface area contributed by atoms with Crippen molar-refractivity contribution in [3.8, 4) is 0 Å². The molecule has 2 nitrogen and oxygen atoms in total. The third-order valence-corrected chi connectivity index (χ3v) is 9.11. The smallest absolute Gasteiger partial charge is 0.0943 e. The molecule has 0 amide bonds. The zero-order valence-corrected chi connectivity index (χ0v) is 15.2. The number of fused-ring (bicyclic) bond motifs is 5. The van der Waals surface area contributed by atoms with Gasteiger partial charge in [-0.05, 0) is 77.2 Å². The monoisotopic (exact) mass is 316 g/mol. The fraction of sp³-hybridized carbons (Fsp3) is 0.810. The van der Waals surface area contributed by atoms with Crippen molar-refractivity contribution in [2.75, 3.05) is 6.61 Å². The largest absolute Gasteiger partial charge is 0.472 e. The molecule has 1 N–H and O–H groups in total. The Morgan fingerprint density at radius 3 is 2.61 bits per heavy atom. The van der Waals surface area contributed by atoms with E-state index < -0.39 is 0 Å². The highest BCUT2D eigenvalue weighted by molar-refractivity contribution is 5.36. The topological polar surface area (TPSA) is 33.4 Å². The Labute approximate surface area is 140 Å². The molecule has 2 fully saturated rings. The lowest BCUT2D eigenvalue weighted by Gasteiger charge is -2.69. The van der Waals surface area contributed by atoms with Crippen LogP contribution in [-0.4, -0.2) is 11.7 Å². The first-order chi connectivity index (χ1) is 10.8. The molecule has 2 saturated carbocycles. The summed E-state index contributed by atoms with van der Waals surface area (Å²) in [6.45, 7) is 10.2. The van der Waals surface area contributed by atoms with Gasteiger partial charge in [-0.2, -0.15) is 0 Å². The van der Waals surface area contributed by atoms with Crippen molar-refractivity contribution in [2.24, 2.45) is 22.2 Å². The van der Waals surface area contributed by atoms with Crippen LogP contribution in [0.5, 0.6) is 0 Å². The molecular formula is C21H32O2. The van der Waals surface area contributed by atoms with Crippen LogP contribution in [0.3, 0.4) is 0 Å². The molecule has 0 bridgehead atoms. The van der Waals surface area contributed by atoms with Crippen LogP contribution in [-0.2, 0) is 11.8 Å². The van der Waals surface area contributed by atoms with Crippen molar-refractivity contribution < 1.29 is 9.52 Å². The Balaban J connectivity index is 1.84. The van der Waals surface area contributed by atoms with Gasteiger partial charge in [0.2, 0.25) is 0 Å². The summed E-state index contributed by atoms with van der Waals surface area (Å²) in [5.74, 6) is 0.699. The Morgan fingerprint density at radius 2 is 1.87 bits per heavy atom. The SMILES string of the molecule is C[C@]1(CO)CCC[C@]2(C)[C@H]3CCc4cocc4[C@]3(C)CC[C@@]12C. The van der Waals surface area contributed by atoms with E-state index in [1.54, 1.807) is 0 Å². The summed E-state index contributed by atoms with van der Waals surface area (Å²) in [6, 6.07) is 0. The van der Waals surface area contributed by atoms with Crippen molar-refractivity contribution in [1.82, 2.24) is 0 Å². The molecule has 4 rings (SSSR count).